The summed E-state index contributed by atoms with van der Waals surface area (Å²) in [4.78, 5) is 41.1. The summed E-state index contributed by atoms with van der Waals surface area (Å²) in [5.41, 5.74) is 0.831. The predicted octanol–water partition coefficient (Wildman–Crippen LogP) is 4.71. The van der Waals surface area contributed by atoms with Crippen LogP contribution in [0.3, 0.4) is 0 Å². The Labute approximate surface area is 191 Å². The Hall–Kier alpha value is -4.25. The van der Waals surface area contributed by atoms with Crippen molar-refractivity contribution in [1.29, 1.82) is 0 Å². The number of nitrogens with one attached hydrogen (secondary N) is 1. The first-order chi connectivity index (χ1) is 16.1. The van der Waals surface area contributed by atoms with Crippen LogP contribution in [-0.4, -0.2) is 29.2 Å². The van der Waals surface area contributed by atoms with E-state index in [2.05, 4.69) is 5.32 Å². The number of rotatable bonds is 6. The molecule has 0 aliphatic carbocycles. The molecule has 1 atom stereocenters. The smallest absolute Gasteiger partial charge is 0.319 e. The van der Waals surface area contributed by atoms with Gasteiger partial charge < -0.3 is 5.32 Å². The topological polar surface area (TPSA) is 66.5 Å². The first-order valence-electron chi connectivity index (χ1n) is 10.8. The predicted molar refractivity (Wildman–Crippen MR) is 127 cm³/mol. The van der Waals surface area contributed by atoms with Crippen molar-refractivity contribution in [2.24, 2.45) is 0 Å². The third kappa shape index (κ3) is 3.68. The highest BCUT2D eigenvalue weighted by Gasteiger charge is 2.52. The largest absolute Gasteiger partial charge is 0.325 e. The second-order valence-electron chi connectivity index (χ2n) is 8.21. The fourth-order valence-electron chi connectivity index (χ4n) is 4.51. The molecule has 1 aliphatic heterocycles. The van der Waals surface area contributed by atoms with Crippen molar-refractivity contribution in [2.45, 2.75) is 12.0 Å². The lowest BCUT2D eigenvalue weighted by Gasteiger charge is -2.27. The summed E-state index contributed by atoms with van der Waals surface area (Å²) in [5.74, 6) is -0.699. The van der Waals surface area contributed by atoms with E-state index in [4.69, 9.17) is 0 Å². The Morgan fingerprint density at radius 1 is 0.758 bits per heavy atom. The van der Waals surface area contributed by atoms with Crippen molar-refractivity contribution in [3.8, 4) is 0 Å². The van der Waals surface area contributed by atoms with Crippen molar-refractivity contribution < 1.29 is 14.4 Å². The van der Waals surface area contributed by atoms with E-state index in [1.165, 1.54) is 0 Å². The number of carbonyl (C=O) groups excluding carboxylic acids is 3. The van der Waals surface area contributed by atoms with Crippen LogP contribution < -0.4 is 5.32 Å². The fourth-order valence-corrected chi connectivity index (χ4v) is 4.51. The number of imide groups is 1. The van der Waals surface area contributed by atoms with E-state index < -0.39 is 17.5 Å². The molecule has 1 fully saturated rings. The van der Waals surface area contributed by atoms with E-state index in [0.717, 1.165) is 21.2 Å². The first kappa shape index (κ1) is 20.6. The molecule has 5 heteroatoms. The van der Waals surface area contributed by atoms with Crippen LogP contribution in [0.1, 0.15) is 21.5 Å². The molecule has 4 aromatic rings. The van der Waals surface area contributed by atoms with Gasteiger partial charge in [-0.2, -0.15) is 0 Å². The van der Waals surface area contributed by atoms with Gasteiger partial charge in [0, 0.05) is 12.0 Å². The quantitative estimate of drug-likeness (QED) is 0.353. The van der Waals surface area contributed by atoms with Gasteiger partial charge in [-0.3, -0.25) is 14.5 Å². The molecule has 0 aromatic heterocycles. The zero-order valence-corrected chi connectivity index (χ0v) is 17.9. The second kappa shape index (κ2) is 8.36. The number of benzene rings is 4. The van der Waals surface area contributed by atoms with Gasteiger partial charge in [0.1, 0.15) is 0 Å². The summed E-state index contributed by atoms with van der Waals surface area (Å²) < 4.78 is 0. The lowest BCUT2D eigenvalue weighted by Crippen LogP contribution is -2.46. The Kier molecular flexibility index (Phi) is 5.23. The van der Waals surface area contributed by atoms with E-state index in [1.54, 1.807) is 6.07 Å². The molecular formula is C28H22N2O3. The Morgan fingerprint density at radius 3 is 2.15 bits per heavy atom. The summed E-state index contributed by atoms with van der Waals surface area (Å²) in [7, 11) is 0. The van der Waals surface area contributed by atoms with Crippen molar-refractivity contribution in [2.75, 3.05) is 6.54 Å². The minimum Gasteiger partial charge on any atom is -0.319 e. The van der Waals surface area contributed by atoms with Crippen molar-refractivity contribution in [3.05, 3.63) is 120 Å². The molecule has 1 heterocycles. The van der Waals surface area contributed by atoms with Crippen LogP contribution in [0, 0.1) is 0 Å². The standard InChI is InChI=1S/C28H22N2O3/c31-25(24-17-9-13-21-12-7-8-16-23(21)24)19-30-26(32)28(29-27(30)33,22-14-5-2-6-15-22)18-20-10-3-1-4-11-20/h1-17H,18-19H2,(H,29,33). The maximum Gasteiger partial charge on any atom is 0.325 e. The molecule has 0 bridgehead atoms. The molecule has 162 valence electrons. The Balaban J connectivity index is 1.50. The van der Waals surface area contributed by atoms with Gasteiger partial charge >= 0.3 is 6.03 Å². The Bertz CT molecular complexity index is 1350. The van der Waals surface area contributed by atoms with Crippen LogP contribution in [0.4, 0.5) is 4.79 Å². The SMILES string of the molecule is O=C(CN1C(=O)NC(Cc2ccccc2)(c2ccccc2)C1=O)c1cccc2ccccc12. The van der Waals surface area contributed by atoms with Gasteiger partial charge in [0.05, 0.1) is 6.54 Å². The summed E-state index contributed by atoms with van der Waals surface area (Å²) >= 11 is 0. The lowest BCUT2D eigenvalue weighted by molar-refractivity contribution is -0.131. The number of hydrogen-bond acceptors (Lipinski definition) is 3. The van der Waals surface area contributed by atoms with Crippen molar-refractivity contribution in [1.82, 2.24) is 10.2 Å². The monoisotopic (exact) mass is 434 g/mol. The minimum atomic E-state index is -1.27. The van der Waals surface area contributed by atoms with Gasteiger partial charge in [0.25, 0.3) is 5.91 Å². The highest BCUT2D eigenvalue weighted by atomic mass is 16.2. The molecule has 33 heavy (non-hydrogen) atoms. The number of urea groups is 1. The zero-order chi connectivity index (χ0) is 22.8. The average Bonchev–Trinajstić information content (AvgIpc) is 3.09. The third-order valence-electron chi connectivity index (χ3n) is 6.15. The number of hydrogen-bond donors (Lipinski definition) is 1. The lowest BCUT2D eigenvalue weighted by atomic mass is 9.83. The van der Waals surface area contributed by atoms with Crippen molar-refractivity contribution in [3.63, 3.8) is 0 Å². The van der Waals surface area contributed by atoms with E-state index >= 15 is 0 Å². The molecule has 5 rings (SSSR count). The summed E-state index contributed by atoms with van der Waals surface area (Å²) in [6, 6.07) is 31.3. The average molecular weight is 434 g/mol. The fraction of sp³-hybridized carbons (Fsp3) is 0.107. The van der Waals surface area contributed by atoms with Crippen molar-refractivity contribution >= 4 is 28.5 Å². The van der Waals surface area contributed by atoms with Gasteiger partial charge in [0.2, 0.25) is 0 Å². The maximum atomic E-state index is 13.8. The number of Topliss-reactive ketones (excluding diaryl/α,β-unsaturated/α-hetero) is 1. The first-order valence-corrected chi connectivity index (χ1v) is 10.8. The van der Waals surface area contributed by atoms with E-state index in [0.29, 0.717) is 17.5 Å². The Morgan fingerprint density at radius 2 is 1.39 bits per heavy atom. The highest BCUT2D eigenvalue weighted by molar-refractivity contribution is 6.14. The van der Waals surface area contributed by atoms with Gasteiger partial charge in [-0.15, -0.1) is 0 Å². The maximum absolute atomic E-state index is 13.8. The summed E-state index contributed by atoms with van der Waals surface area (Å²) in [6.45, 7) is -0.317. The van der Waals surface area contributed by atoms with Crippen LogP contribution in [0.5, 0.6) is 0 Å². The molecule has 1 unspecified atom stereocenters. The van der Waals surface area contributed by atoms with Gasteiger partial charge in [-0.1, -0.05) is 103 Å². The molecule has 0 radical (unpaired) electrons. The number of amides is 3. The number of nitrogens with zero attached hydrogens (tertiary/aromatic N) is 1. The number of fused-ring (bicyclic) bond motifs is 1. The van der Waals surface area contributed by atoms with Crippen LogP contribution >= 0.6 is 0 Å². The summed E-state index contributed by atoms with van der Waals surface area (Å²) in [5, 5.41) is 4.65. The zero-order valence-electron chi connectivity index (χ0n) is 17.9. The molecule has 1 N–H and O–H groups in total. The van der Waals surface area contributed by atoms with Gasteiger partial charge in [-0.05, 0) is 21.9 Å². The third-order valence-corrected chi connectivity index (χ3v) is 6.15. The normalized spacial score (nSPS) is 17.9. The van der Waals surface area contributed by atoms with E-state index in [9.17, 15) is 14.4 Å². The van der Waals surface area contributed by atoms with Crippen LogP contribution in [-0.2, 0) is 16.8 Å². The second-order valence-corrected chi connectivity index (χ2v) is 8.21. The molecule has 4 aromatic carbocycles. The number of ketones is 1. The number of carbonyl (C=O) groups is 3. The van der Waals surface area contributed by atoms with Gasteiger partial charge in [-0.25, -0.2) is 4.79 Å². The van der Waals surface area contributed by atoms with Crippen LogP contribution in [0.25, 0.3) is 10.8 Å². The molecule has 0 saturated carbocycles. The molecule has 0 spiro atoms. The summed E-state index contributed by atoms with van der Waals surface area (Å²) in [6.07, 6.45) is 0.293. The molecule has 5 nitrogen and oxygen atoms in total. The van der Waals surface area contributed by atoms with E-state index in [-0.39, 0.29) is 12.3 Å². The molecule has 3 amide bonds. The molecule has 1 saturated heterocycles. The highest BCUT2D eigenvalue weighted by Crippen LogP contribution is 2.33. The van der Waals surface area contributed by atoms with Gasteiger partial charge in [0.15, 0.2) is 11.3 Å². The van der Waals surface area contributed by atoms with E-state index in [1.807, 2.05) is 97.1 Å². The molecular weight excluding hydrogens is 412 g/mol. The minimum absolute atomic E-state index is 0.279. The molecule has 1 aliphatic rings. The van der Waals surface area contributed by atoms with Crippen LogP contribution in [0.2, 0.25) is 0 Å². The van der Waals surface area contributed by atoms with Crippen LogP contribution in [0.15, 0.2) is 103 Å².